The summed E-state index contributed by atoms with van der Waals surface area (Å²) in [6.45, 7) is 5.14. The first-order chi connectivity index (χ1) is 9.16. The number of thiazole rings is 1. The Morgan fingerprint density at radius 3 is 3.00 bits per heavy atom. The van der Waals surface area contributed by atoms with Gasteiger partial charge in [0.15, 0.2) is 5.82 Å². The zero-order valence-corrected chi connectivity index (χ0v) is 12.1. The van der Waals surface area contributed by atoms with Crippen LogP contribution in [-0.2, 0) is 12.0 Å². The maximum absolute atomic E-state index is 5.44. The molecule has 19 heavy (non-hydrogen) atoms. The van der Waals surface area contributed by atoms with Gasteiger partial charge in [0.05, 0.1) is 12.0 Å². The minimum Gasteiger partial charge on any atom is -0.337 e. The molecular formula is C13H18N4OS. The number of nitrogens with one attached hydrogen (secondary N) is 1. The van der Waals surface area contributed by atoms with Gasteiger partial charge in [0.1, 0.15) is 5.01 Å². The summed E-state index contributed by atoms with van der Waals surface area (Å²) in [5.41, 5.74) is 0.882. The molecule has 0 saturated carbocycles. The van der Waals surface area contributed by atoms with Gasteiger partial charge >= 0.3 is 0 Å². The summed E-state index contributed by atoms with van der Waals surface area (Å²) in [5.74, 6) is 1.42. The second-order valence-corrected chi connectivity index (χ2v) is 6.23. The van der Waals surface area contributed by atoms with E-state index in [1.54, 1.807) is 11.3 Å². The van der Waals surface area contributed by atoms with Gasteiger partial charge in [-0.1, -0.05) is 5.16 Å². The van der Waals surface area contributed by atoms with Gasteiger partial charge < -0.3 is 9.84 Å². The Balaban J connectivity index is 1.75. The molecule has 1 N–H and O–H groups in total. The Kier molecular flexibility index (Phi) is 3.36. The summed E-state index contributed by atoms with van der Waals surface area (Å²) in [6.07, 6.45) is 4.12. The number of piperidine rings is 1. The van der Waals surface area contributed by atoms with Gasteiger partial charge in [0.2, 0.25) is 5.89 Å². The van der Waals surface area contributed by atoms with E-state index in [9.17, 15) is 0 Å². The maximum Gasteiger partial charge on any atom is 0.246 e. The molecule has 6 heteroatoms. The van der Waals surface area contributed by atoms with Crippen LogP contribution in [0.5, 0.6) is 0 Å². The van der Waals surface area contributed by atoms with E-state index in [1.165, 1.54) is 12.8 Å². The van der Waals surface area contributed by atoms with Crippen LogP contribution < -0.4 is 5.32 Å². The fraction of sp³-hybridized carbons (Fsp3) is 0.615. The summed E-state index contributed by atoms with van der Waals surface area (Å²) < 4.78 is 5.44. The molecule has 0 spiro atoms. The second kappa shape index (κ2) is 5.02. The lowest BCUT2D eigenvalue weighted by molar-refractivity contribution is 0.206. The van der Waals surface area contributed by atoms with Gasteiger partial charge in [-0.25, -0.2) is 4.98 Å². The van der Waals surface area contributed by atoms with Crippen molar-refractivity contribution >= 4 is 11.3 Å². The molecule has 2 aromatic rings. The molecular weight excluding hydrogens is 260 g/mol. The molecule has 2 aromatic heterocycles. The van der Waals surface area contributed by atoms with Crippen LogP contribution in [0, 0.1) is 6.92 Å². The van der Waals surface area contributed by atoms with Crippen molar-refractivity contribution in [2.75, 3.05) is 6.54 Å². The number of rotatable bonds is 3. The molecule has 0 radical (unpaired) electrons. The minimum atomic E-state index is -0.164. The lowest BCUT2D eigenvalue weighted by Gasteiger charge is -2.31. The van der Waals surface area contributed by atoms with Crippen molar-refractivity contribution in [3.05, 3.63) is 27.8 Å². The molecule has 1 unspecified atom stereocenters. The predicted molar refractivity (Wildman–Crippen MR) is 73.2 cm³/mol. The number of aromatic nitrogens is 3. The summed E-state index contributed by atoms with van der Waals surface area (Å²) in [7, 11) is 0. The summed E-state index contributed by atoms with van der Waals surface area (Å²) in [6, 6.07) is 0. The number of aryl methyl sites for hydroxylation is 1. The Labute approximate surface area is 116 Å². The van der Waals surface area contributed by atoms with E-state index < -0.39 is 0 Å². The zero-order valence-electron chi connectivity index (χ0n) is 11.3. The van der Waals surface area contributed by atoms with Gasteiger partial charge in [-0.15, -0.1) is 11.3 Å². The van der Waals surface area contributed by atoms with Crippen LogP contribution >= 0.6 is 11.3 Å². The van der Waals surface area contributed by atoms with Gasteiger partial charge in [-0.2, -0.15) is 4.98 Å². The first-order valence-electron chi connectivity index (χ1n) is 6.65. The highest BCUT2D eigenvalue weighted by Gasteiger charge is 2.34. The Hall–Kier alpha value is -1.27. The number of hydrogen-bond acceptors (Lipinski definition) is 6. The molecule has 3 rings (SSSR count). The fourth-order valence-corrected chi connectivity index (χ4v) is 3.18. The highest BCUT2D eigenvalue weighted by molar-refractivity contribution is 7.09. The Morgan fingerprint density at radius 1 is 1.42 bits per heavy atom. The van der Waals surface area contributed by atoms with E-state index in [1.807, 2.05) is 12.3 Å². The van der Waals surface area contributed by atoms with Crippen LogP contribution in [0.25, 0.3) is 0 Å². The van der Waals surface area contributed by atoms with Crippen LogP contribution in [0.1, 0.15) is 48.6 Å². The van der Waals surface area contributed by atoms with Crippen molar-refractivity contribution in [1.29, 1.82) is 0 Å². The van der Waals surface area contributed by atoms with Crippen LogP contribution in [0.4, 0.5) is 0 Å². The van der Waals surface area contributed by atoms with Crippen LogP contribution in [0.2, 0.25) is 0 Å². The highest BCUT2D eigenvalue weighted by atomic mass is 32.1. The molecule has 5 nitrogen and oxygen atoms in total. The molecule has 0 amide bonds. The maximum atomic E-state index is 5.44. The SMILES string of the molecule is Cc1csc(Cc2noc(C3(C)CCCCN3)n2)n1. The van der Waals surface area contributed by atoms with Gasteiger partial charge in [-0.3, -0.25) is 0 Å². The number of hydrogen-bond donors (Lipinski definition) is 1. The summed E-state index contributed by atoms with van der Waals surface area (Å²) >= 11 is 1.64. The molecule has 0 aromatic carbocycles. The first-order valence-corrected chi connectivity index (χ1v) is 7.53. The summed E-state index contributed by atoms with van der Waals surface area (Å²) in [4.78, 5) is 8.96. The first kappa shape index (κ1) is 12.7. The fourth-order valence-electron chi connectivity index (χ4n) is 2.41. The molecule has 1 saturated heterocycles. The molecule has 3 heterocycles. The van der Waals surface area contributed by atoms with Crippen LogP contribution in [0.3, 0.4) is 0 Å². The molecule has 1 aliphatic rings. The average molecular weight is 278 g/mol. The molecule has 0 aliphatic carbocycles. The highest BCUT2D eigenvalue weighted by Crippen LogP contribution is 2.28. The largest absolute Gasteiger partial charge is 0.337 e. The number of nitrogens with zero attached hydrogens (tertiary/aromatic N) is 3. The monoisotopic (exact) mass is 278 g/mol. The van der Waals surface area contributed by atoms with E-state index >= 15 is 0 Å². The van der Waals surface area contributed by atoms with Gasteiger partial charge in [0, 0.05) is 11.1 Å². The average Bonchev–Trinajstić information content (AvgIpc) is 3.01. The van der Waals surface area contributed by atoms with Crippen molar-refractivity contribution in [1.82, 2.24) is 20.4 Å². The van der Waals surface area contributed by atoms with Gasteiger partial charge in [0.25, 0.3) is 0 Å². The van der Waals surface area contributed by atoms with Crippen molar-refractivity contribution in [2.24, 2.45) is 0 Å². The lowest BCUT2D eigenvalue weighted by atomic mass is 9.91. The van der Waals surface area contributed by atoms with E-state index in [4.69, 9.17) is 4.52 Å². The molecule has 1 aliphatic heterocycles. The molecule has 1 fully saturated rings. The van der Waals surface area contributed by atoms with E-state index in [-0.39, 0.29) is 5.54 Å². The normalized spacial score (nSPS) is 23.7. The molecule has 102 valence electrons. The van der Waals surface area contributed by atoms with Crippen molar-refractivity contribution in [3.8, 4) is 0 Å². The van der Waals surface area contributed by atoms with Crippen LogP contribution in [-0.4, -0.2) is 21.7 Å². The third-order valence-electron chi connectivity index (χ3n) is 3.53. The third kappa shape index (κ3) is 2.69. The van der Waals surface area contributed by atoms with E-state index in [0.29, 0.717) is 12.3 Å². The van der Waals surface area contributed by atoms with E-state index in [0.717, 1.165) is 29.5 Å². The van der Waals surface area contributed by atoms with Crippen molar-refractivity contribution in [3.63, 3.8) is 0 Å². The predicted octanol–water partition coefficient (Wildman–Crippen LogP) is 2.41. The van der Waals surface area contributed by atoms with Crippen LogP contribution in [0.15, 0.2) is 9.90 Å². The van der Waals surface area contributed by atoms with Gasteiger partial charge in [-0.05, 0) is 39.7 Å². The third-order valence-corrected chi connectivity index (χ3v) is 4.50. The lowest BCUT2D eigenvalue weighted by Crippen LogP contribution is -2.43. The summed E-state index contributed by atoms with van der Waals surface area (Å²) in [5, 5.41) is 10.6. The Bertz CT molecular complexity index is 556. The Morgan fingerprint density at radius 2 is 2.32 bits per heavy atom. The smallest absolute Gasteiger partial charge is 0.246 e. The van der Waals surface area contributed by atoms with Crippen molar-refractivity contribution in [2.45, 2.75) is 45.1 Å². The molecule has 0 bridgehead atoms. The zero-order chi connectivity index (χ0) is 13.3. The molecule has 1 atom stereocenters. The minimum absolute atomic E-state index is 0.164. The second-order valence-electron chi connectivity index (χ2n) is 5.29. The quantitative estimate of drug-likeness (QED) is 0.934. The topological polar surface area (TPSA) is 63.8 Å². The standard InChI is InChI=1S/C13H18N4OS/c1-9-8-19-11(15-9)7-10-16-12(18-17-10)13(2)5-3-4-6-14-13/h8,14H,3-7H2,1-2H3. The van der Waals surface area contributed by atoms with E-state index in [2.05, 4.69) is 27.4 Å². The van der Waals surface area contributed by atoms with Crippen molar-refractivity contribution < 1.29 is 4.52 Å².